The summed E-state index contributed by atoms with van der Waals surface area (Å²) in [7, 11) is 0. The summed E-state index contributed by atoms with van der Waals surface area (Å²) < 4.78 is 5.03. The first kappa shape index (κ1) is 12.3. The maximum absolute atomic E-state index is 11.3. The Labute approximate surface area is 96.1 Å². The van der Waals surface area contributed by atoms with Crippen LogP contribution in [-0.4, -0.2) is 12.6 Å². The number of benzene rings is 1. The maximum Gasteiger partial charge on any atom is 0.407 e. The summed E-state index contributed by atoms with van der Waals surface area (Å²) in [5.74, 6) is 0. The summed E-state index contributed by atoms with van der Waals surface area (Å²) in [5, 5.41) is 2.64. The largest absolute Gasteiger partial charge is 0.445 e. The molecule has 1 rings (SSSR count). The fourth-order valence-electron chi connectivity index (χ4n) is 1.10. The summed E-state index contributed by atoms with van der Waals surface area (Å²) in [6.45, 7) is 6.57. The molecule has 0 saturated heterocycles. The lowest BCUT2D eigenvalue weighted by molar-refractivity contribution is 0.140. The lowest BCUT2D eigenvalue weighted by Crippen LogP contribution is -2.25. The van der Waals surface area contributed by atoms with E-state index in [1.807, 2.05) is 37.3 Å². The molecule has 0 unspecified atom stereocenters. The minimum Gasteiger partial charge on any atom is -0.445 e. The van der Waals surface area contributed by atoms with Crippen LogP contribution in [-0.2, 0) is 11.3 Å². The van der Waals surface area contributed by atoms with Gasteiger partial charge in [0.25, 0.3) is 0 Å². The van der Waals surface area contributed by atoms with Crippen LogP contribution in [0.2, 0.25) is 0 Å². The summed E-state index contributed by atoms with van der Waals surface area (Å²) in [6, 6.07) is 9.58. The molecule has 1 N–H and O–H groups in total. The molecular formula is C13H17NO2. The van der Waals surface area contributed by atoms with Crippen LogP contribution >= 0.6 is 0 Å². The molecule has 86 valence electrons. The average molecular weight is 219 g/mol. The first-order valence-electron chi connectivity index (χ1n) is 5.33. The Morgan fingerprint density at radius 1 is 1.38 bits per heavy atom. The van der Waals surface area contributed by atoms with Crippen LogP contribution in [0.1, 0.15) is 18.9 Å². The third-order valence-electron chi connectivity index (χ3n) is 2.20. The van der Waals surface area contributed by atoms with Gasteiger partial charge >= 0.3 is 6.09 Å². The van der Waals surface area contributed by atoms with Gasteiger partial charge in [-0.15, -0.1) is 0 Å². The minimum absolute atomic E-state index is 0.297. The molecule has 0 aliphatic carbocycles. The van der Waals surface area contributed by atoms with Crippen LogP contribution in [0.4, 0.5) is 4.79 Å². The van der Waals surface area contributed by atoms with Gasteiger partial charge in [0.1, 0.15) is 6.61 Å². The molecule has 0 heterocycles. The number of ether oxygens (including phenoxy) is 1. The second kappa shape index (κ2) is 6.67. The molecule has 0 radical (unpaired) electrons. The van der Waals surface area contributed by atoms with E-state index in [0.29, 0.717) is 13.2 Å². The van der Waals surface area contributed by atoms with Crippen molar-refractivity contribution >= 4 is 6.09 Å². The number of amides is 1. The fraction of sp³-hybridized carbons (Fsp3) is 0.308. The normalized spacial score (nSPS) is 9.56. The van der Waals surface area contributed by atoms with Crippen molar-refractivity contribution < 1.29 is 9.53 Å². The highest BCUT2D eigenvalue weighted by Gasteiger charge is 2.01. The van der Waals surface area contributed by atoms with Gasteiger partial charge < -0.3 is 10.1 Å². The Kier molecular flexibility index (Phi) is 5.12. The van der Waals surface area contributed by atoms with E-state index < -0.39 is 6.09 Å². The quantitative estimate of drug-likeness (QED) is 0.773. The predicted molar refractivity (Wildman–Crippen MR) is 64.1 cm³/mol. The molecule has 1 aromatic rings. The average Bonchev–Trinajstić information content (AvgIpc) is 2.34. The molecule has 3 nitrogen and oxygen atoms in total. The molecule has 0 bridgehead atoms. The molecule has 0 fully saturated rings. The number of alkyl carbamates (subject to hydrolysis) is 1. The summed E-state index contributed by atoms with van der Waals surface area (Å²) in [5.41, 5.74) is 1.96. The molecule has 0 aliphatic rings. The van der Waals surface area contributed by atoms with Gasteiger partial charge in [0.15, 0.2) is 0 Å². The Balaban J connectivity index is 2.23. The zero-order valence-electron chi connectivity index (χ0n) is 9.53. The molecular weight excluding hydrogens is 202 g/mol. The van der Waals surface area contributed by atoms with Crippen LogP contribution in [0.3, 0.4) is 0 Å². The highest BCUT2D eigenvalue weighted by molar-refractivity contribution is 5.67. The number of carbonyl (C=O) groups is 1. The van der Waals surface area contributed by atoms with Crippen LogP contribution in [0.15, 0.2) is 42.5 Å². The van der Waals surface area contributed by atoms with Crippen LogP contribution in [0, 0.1) is 0 Å². The fourth-order valence-corrected chi connectivity index (χ4v) is 1.10. The monoisotopic (exact) mass is 219 g/mol. The Morgan fingerprint density at radius 2 is 2.06 bits per heavy atom. The second-order valence-corrected chi connectivity index (χ2v) is 3.52. The van der Waals surface area contributed by atoms with Gasteiger partial charge in [-0.05, 0) is 12.0 Å². The van der Waals surface area contributed by atoms with Crippen molar-refractivity contribution in [2.75, 3.05) is 6.54 Å². The van der Waals surface area contributed by atoms with E-state index in [2.05, 4.69) is 11.9 Å². The zero-order chi connectivity index (χ0) is 11.8. The lowest BCUT2D eigenvalue weighted by atomic mass is 10.2. The summed E-state index contributed by atoms with van der Waals surface area (Å²) in [6.07, 6.45) is 0.456. The van der Waals surface area contributed by atoms with E-state index >= 15 is 0 Å². The van der Waals surface area contributed by atoms with Gasteiger partial charge in [-0.1, -0.05) is 49.4 Å². The van der Waals surface area contributed by atoms with E-state index in [1.54, 1.807) is 0 Å². The molecule has 0 aliphatic heterocycles. The van der Waals surface area contributed by atoms with E-state index in [9.17, 15) is 4.79 Å². The SMILES string of the molecule is C=C(CC)CNC(=O)OCc1ccccc1. The third kappa shape index (κ3) is 4.64. The van der Waals surface area contributed by atoms with E-state index in [1.165, 1.54) is 0 Å². The van der Waals surface area contributed by atoms with Crippen molar-refractivity contribution in [3.05, 3.63) is 48.0 Å². The van der Waals surface area contributed by atoms with E-state index in [4.69, 9.17) is 4.74 Å². The molecule has 0 spiro atoms. The van der Waals surface area contributed by atoms with Gasteiger partial charge in [0.05, 0.1) is 0 Å². The van der Waals surface area contributed by atoms with Crippen molar-refractivity contribution in [1.82, 2.24) is 5.32 Å². The van der Waals surface area contributed by atoms with Crippen molar-refractivity contribution in [3.63, 3.8) is 0 Å². The third-order valence-corrected chi connectivity index (χ3v) is 2.20. The molecule has 0 saturated carbocycles. The second-order valence-electron chi connectivity index (χ2n) is 3.52. The molecule has 0 aromatic heterocycles. The first-order valence-corrected chi connectivity index (χ1v) is 5.33. The van der Waals surface area contributed by atoms with Crippen LogP contribution < -0.4 is 5.32 Å². The Bertz CT molecular complexity index is 346. The number of nitrogens with one attached hydrogen (secondary N) is 1. The van der Waals surface area contributed by atoms with Crippen LogP contribution in [0.25, 0.3) is 0 Å². The number of carbonyl (C=O) groups excluding carboxylic acids is 1. The maximum atomic E-state index is 11.3. The Hall–Kier alpha value is -1.77. The summed E-state index contributed by atoms with van der Waals surface area (Å²) >= 11 is 0. The lowest BCUT2D eigenvalue weighted by Gasteiger charge is -2.07. The van der Waals surface area contributed by atoms with Gasteiger partial charge in [0, 0.05) is 6.54 Å². The van der Waals surface area contributed by atoms with Gasteiger partial charge in [-0.25, -0.2) is 4.79 Å². The molecule has 1 aromatic carbocycles. The van der Waals surface area contributed by atoms with Gasteiger partial charge in [-0.2, -0.15) is 0 Å². The van der Waals surface area contributed by atoms with Gasteiger partial charge in [0.2, 0.25) is 0 Å². The number of rotatable bonds is 5. The van der Waals surface area contributed by atoms with E-state index in [0.717, 1.165) is 17.6 Å². The van der Waals surface area contributed by atoms with Gasteiger partial charge in [-0.3, -0.25) is 0 Å². The number of hydrogen-bond acceptors (Lipinski definition) is 2. The molecule has 16 heavy (non-hydrogen) atoms. The topological polar surface area (TPSA) is 38.3 Å². The summed E-state index contributed by atoms with van der Waals surface area (Å²) in [4.78, 5) is 11.3. The highest BCUT2D eigenvalue weighted by atomic mass is 16.5. The van der Waals surface area contributed by atoms with Crippen molar-refractivity contribution in [2.45, 2.75) is 20.0 Å². The first-order chi connectivity index (χ1) is 7.72. The smallest absolute Gasteiger partial charge is 0.407 e. The van der Waals surface area contributed by atoms with Crippen molar-refractivity contribution in [3.8, 4) is 0 Å². The van der Waals surface area contributed by atoms with E-state index in [-0.39, 0.29) is 0 Å². The Morgan fingerprint density at radius 3 is 2.69 bits per heavy atom. The molecule has 3 heteroatoms. The van der Waals surface area contributed by atoms with Crippen LogP contribution in [0.5, 0.6) is 0 Å². The van der Waals surface area contributed by atoms with Crippen molar-refractivity contribution in [2.24, 2.45) is 0 Å². The minimum atomic E-state index is -0.404. The predicted octanol–water partition coefficient (Wildman–Crippen LogP) is 2.88. The van der Waals surface area contributed by atoms with Crippen molar-refractivity contribution in [1.29, 1.82) is 0 Å². The highest BCUT2D eigenvalue weighted by Crippen LogP contribution is 2.00. The molecule has 0 atom stereocenters. The standard InChI is InChI=1S/C13H17NO2/c1-3-11(2)9-14-13(15)16-10-12-7-5-4-6-8-12/h4-8H,2-3,9-10H2,1H3,(H,14,15). The number of hydrogen-bond donors (Lipinski definition) is 1. The molecule has 1 amide bonds. The zero-order valence-corrected chi connectivity index (χ0v) is 9.53.